The highest BCUT2D eigenvalue weighted by Gasteiger charge is 2.28. The van der Waals surface area contributed by atoms with Gasteiger partial charge in [0.1, 0.15) is 0 Å². The summed E-state index contributed by atoms with van der Waals surface area (Å²) in [6.07, 6.45) is 0.436. The number of amides is 1. The van der Waals surface area contributed by atoms with Gasteiger partial charge in [-0.2, -0.15) is 0 Å². The van der Waals surface area contributed by atoms with Crippen molar-refractivity contribution < 1.29 is 22.7 Å². The number of aryl methyl sites for hydroxylation is 1. The first-order valence-corrected chi connectivity index (χ1v) is 9.06. The third-order valence-corrected chi connectivity index (χ3v) is 5.47. The number of anilines is 1. The fourth-order valence-electron chi connectivity index (χ4n) is 2.55. The van der Waals surface area contributed by atoms with Crippen molar-refractivity contribution in [2.75, 3.05) is 30.5 Å². The van der Waals surface area contributed by atoms with Crippen molar-refractivity contribution in [3.63, 3.8) is 0 Å². The van der Waals surface area contributed by atoms with E-state index in [0.29, 0.717) is 17.7 Å². The van der Waals surface area contributed by atoms with Crippen LogP contribution in [0, 0.1) is 6.92 Å². The quantitative estimate of drug-likeness (QED) is 0.757. The molecule has 8 heteroatoms. The van der Waals surface area contributed by atoms with Gasteiger partial charge in [0.2, 0.25) is 5.91 Å². The van der Waals surface area contributed by atoms with E-state index in [0.717, 1.165) is 5.56 Å². The Labute approximate surface area is 135 Å². The molecular formula is C15H20N2O5S. The molecule has 0 bridgehead atoms. The predicted molar refractivity (Wildman–Crippen MR) is 86.2 cm³/mol. The Bertz CT molecular complexity index is 715. The number of benzene rings is 1. The van der Waals surface area contributed by atoms with Crippen molar-refractivity contribution in [3.05, 3.63) is 29.3 Å². The molecule has 1 aliphatic rings. The van der Waals surface area contributed by atoms with Crippen LogP contribution >= 0.6 is 0 Å². The average molecular weight is 340 g/mol. The van der Waals surface area contributed by atoms with Crippen molar-refractivity contribution in [1.82, 2.24) is 5.32 Å². The fourth-order valence-corrected chi connectivity index (χ4v) is 4.22. The zero-order valence-electron chi connectivity index (χ0n) is 13.1. The number of rotatable bonds is 5. The van der Waals surface area contributed by atoms with Gasteiger partial charge < -0.3 is 15.4 Å². The fraction of sp³-hybridized carbons (Fsp3) is 0.467. The normalized spacial score (nSPS) is 19.1. The van der Waals surface area contributed by atoms with Crippen LogP contribution in [0.15, 0.2) is 18.2 Å². The van der Waals surface area contributed by atoms with Crippen LogP contribution < -0.4 is 10.6 Å². The third kappa shape index (κ3) is 4.44. The smallest absolute Gasteiger partial charge is 0.340 e. The van der Waals surface area contributed by atoms with Crippen LogP contribution in [0.3, 0.4) is 0 Å². The Hall–Kier alpha value is -2.09. The molecule has 0 unspecified atom stereocenters. The van der Waals surface area contributed by atoms with Gasteiger partial charge in [-0.3, -0.25) is 4.79 Å². The van der Waals surface area contributed by atoms with Gasteiger partial charge in [-0.1, -0.05) is 12.1 Å². The SMILES string of the molecule is COC(=O)c1c(C)cccc1NCC(=O)N[C@@H]1CCS(=O)(=O)C1. The molecule has 1 fully saturated rings. The Morgan fingerprint density at radius 3 is 2.70 bits per heavy atom. The van der Waals surface area contributed by atoms with E-state index in [1.54, 1.807) is 25.1 Å². The molecule has 0 aromatic heterocycles. The highest BCUT2D eigenvalue weighted by atomic mass is 32.2. The lowest BCUT2D eigenvalue weighted by Gasteiger charge is -2.14. The van der Waals surface area contributed by atoms with Crippen molar-refractivity contribution in [3.8, 4) is 0 Å². The number of hydrogen-bond donors (Lipinski definition) is 2. The summed E-state index contributed by atoms with van der Waals surface area (Å²) in [5.41, 5.74) is 1.63. The molecule has 126 valence electrons. The Balaban J connectivity index is 1.97. The van der Waals surface area contributed by atoms with Gasteiger partial charge in [-0.15, -0.1) is 0 Å². The van der Waals surface area contributed by atoms with Crippen molar-refractivity contribution in [2.24, 2.45) is 0 Å². The van der Waals surface area contributed by atoms with E-state index in [1.165, 1.54) is 7.11 Å². The first-order valence-electron chi connectivity index (χ1n) is 7.24. The summed E-state index contributed by atoms with van der Waals surface area (Å²) in [6.45, 7) is 1.73. The molecule has 23 heavy (non-hydrogen) atoms. The Morgan fingerprint density at radius 1 is 1.35 bits per heavy atom. The predicted octanol–water partition coefficient (Wildman–Crippen LogP) is 0.497. The highest BCUT2D eigenvalue weighted by molar-refractivity contribution is 7.91. The van der Waals surface area contributed by atoms with Gasteiger partial charge in [0.05, 0.1) is 30.7 Å². The molecule has 1 atom stereocenters. The molecule has 7 nitrogen and oxygen atoms in total. The van der Waals surface area contributed by atoms with Gasteiger partial charge in [0, 0.05) is 11.7 Å². The van der Waals surface area contributed by atoms with Crippen LogP contribution in [0.1, 0.15) is 22.3 Å². The summed E-state index contributed by atoms with van der Waals surface area (Å²) in [5.74, 6) is -0.705. The average Bonchev–Trinajstić information content (AvgIpc) is 2.83. The summed E-state index contributed by atoms with van der Waals surface area (Å²) in [7, 11) is -1.73. The van der Waals surface area contributed by atoms with Crippen molar-refractivity contribution >= 4 is 27.4 Å². The summed E-state index contributed by atoms with van der Waals surface area (Å²) in [6, 6.07) is 4.89. The zero-order valence-corrected chi connectivity index (χ0v) is 13.9. The van der Waals surface area contributed by atoms with E-state index in [1.807, 2.05) is 0 Å². The molecule has 0 aliphatic carbocycles. The number of sulfone groups is 1. The molecule has 1 amide bonds. The second-order valence-corrected chi connectivity index (χ2v) is 7.74. The van der Waals surface area contributed by atoms with E-state index in [4.69, 9.17) is 4.74 Å². The maximum atomic E-state index is 11.9. The summed E-state index contributed by atoms with van der Waals surface area (Å²) >= 11 is 0. The van der Waals surface area contributed by atoms with Crippen LogP contribution in [-0.4, -0.2) is 51.5 Å². The van der Waals surface area contributed by atoms with Crippen LogP contribution in [0.5, 0.6) is 0 Å². The molecule has 1 aromatic rings. The minimum atomic E-state index is -3.03. The van der Waals surface area contributed by atoms with E-state index < -0.39 is 15.8 Å². The number of carbonyl (C=O) groups excluding carboxylic acids is 2. The molecule has 2 rings (SSSR count). The Morgan fingerprint density at radius 2 is 2.09 bits per heavy atom. The standard InChI is InChI=1S/C15H20N2O5S/c1-10-4-3-5-12(14(10)15(19)22-2)16-8-13(18)17-11-6-7-23(20,21)9-11/h3-5,11,16H,6-9H2,1-2H3,(H,17,18)/t11-/m1/s1. The number of nitrogens with one attached hydrogen (secondary N) is 2. The van der Waals surface area contributed by atoms with E-state index in [-0.39, 0.29) is 30.0 Å². The second-order valence-electron chi connectivity index (χ2n) is 5.51. The van der Waals surface area contributed by atoms with Gasteiger partial charge in [0.25, 0.3) is 0 Å². The van der Waals surface area contributed by atoms with Crippen LogP contribution in [0.2, 0.25) is 0 Å². The number of hydrogen-bond acceptors (Lipinski definition) is 6. The molecular weight excluding hydrogens is 320 g/mol. The number of ether oxygens (including phenoxy) is 1. The first-order chi connectivity index (χ1) is 10.8. The van der Waals surface area contributed by atoms with Gasteiger partial charge in [0.15, 0.2) is 9.84 Å². The molecule has 0 saturated carbocycles. The molecule has 0 spiro atoms. The molecule has 1 saturated heterocycles. The van der Waals surface area contributed by atoms with Crippen LogP contribution in [-0.2, 0) is 19.4 Å². The molecule has 2 N–H and O–H groups in total. The molecule has 1 heterocycles. The number of methoxy groups -OCH3 is 1. The monoisotopic (exact) mass is 340 g/mol. The highest BCUT2D eigenvalue weighted by Crippen LogP contribution is 2.20. The summed E-state index contributed by atoms with van der Waals surface area (Å²) in [5, 5.41) is 5.59. The first kappa shape index (κ1) is 17.3. The second kappa shape index (κ2) is 6.99. The van der Waals surface area contributed by atoms with Crippen LogP contribution in [0.4, 0.5) is 5.69 Å². The van der Waals surface area contributed by atoms with Crippen molar-refractivity contribution in [1.29, 1.82) is 0 Å². The molecule has 1 aliphatic heterocycles. The zero-order chi connectivity index (χ0) is 17.0. The molecule has 1 aromatic carbocycles. The van der Waals surface area contributed by atoms with Crippen molar-refractivity contribution in [2.45, 2.75) is 19.4 Å². The summed E-state index contributed by atoms with van der Waals surface area (Å²) in [4.78, 5) is 23.8. The lowest BCUT2D eigenvalue weighted by molar-refractivity contribution is -0.119. The minimum absolute atomic E-state index is 0.0173. The summed E-state index contributed by atoms with van der Waals surface area (Å²) < 4.78 is 27.5. The van der Waals surface area contributed by atoms with Gasteiger partial charge >= 0.3 is 5.97 Å². The van der Waals surface area contributed by atoms with E-state index >= 15 is 0 Å². The Kier molecular flexibility index (Phi) is 5.25. The van der Waals surface area contributed by atoms with E-state index in [2.05, 4.69) is 10.6 Å². The minimum Gasteiger partial charge on any atom is -0.465 e. The van der Waals surface area contributed by atoms with Crippen LogP contribution in [0.25, 0.3) is 0 Å². The maximum absolute atomic E-state index is 11.9. The largest absolute Gasteiger partial charge is 0.465 e. The maximum Gasteiger partial charge on any atom is 0.340 e. The topological polar surface area (TPSA) is 102 Å². The van der Waals surface area contributed by atoms with Gasteiger partial charge in [-0.25, -0.2) is 13.2 Å². The number of esters is 1. The van der Waals surface area contributed by atoms with E-state index in [9.17, 15) is 18.0 Å². The lowest BCUT2D eigenvalue weighted by atomic mass is 10.1. The third-order valence-electron chi connectivity index (χ3n) is 3.70. The lowest BCUT2D eigenvalue weighted by Crippen LogP contribution is -2.39. The number of carbonyl (C=O) groups is 2. The van der Waals surface area contributed by atoms with Gasteiger partial charge in [-0.05, 0) is 25.0 Å². The molecule has 0 radical (unpaired) electrons.